The summed E-state index contributed by atoms with van der Waals surface area (Å²) < 4.78 is 5.34. The highest BCUT2D eigenvalue weighted by Crippen LogP contribution is 2.24. The van der Waals surface area contributed by atoms with Gasteiger partial charge in [-0.25, -0.2) is 0 Å². The SMILES string of the molecule is CCC(CC)(CO)CNC(=O)c1cc(C)oc1C. The Morgan fingerprint density at radius 1 is 1.39 bits per heavy atom. The fourth-order valence-electron chi connectivity index (χ4n) is 2.00. The topological polar surface area (TPSA) is 62.5 Å². The van der Waals surface area contributed by atoms with Gasteiger partial charge in [0, 0.05) is 12.0 Å². The van der Waals surface area contributed by atoms with Crippen LogP contribution < -0.4 is 5.32 Å². The van der Waals surface area contributed by atoms with Gasteiger partial charge in [0.25, 0.3) is 5.91 Å². The highest BCUT2D eigenvalue weighted by atomic mass is 16.3. The first-order chi connectivity index (χ1) is 8.48. The fourth-order valence-corrected chi connectivity index (χ4v) is 2.00. The van der Waals surface area contributed by atoms with E-state index in [1.54, 1.807) is 13.0 Å². The van der Waals surface area contributed by atoms with Crippen LogP contribution in [0.3, 0.4) is 0 Å². The van der Waals surface area contributed by atoms with E-state index in [-0.39, 0.29) is 17.9 Å². The van der Waals surface area contributed by atoms with Gasteiger partial charge < -0.3 is 14.8 Å². The first-order valence-electron chi connectivity index (χ1n) is 6.44. The zero-order valence-corrected chi connectivity index (χ0v) is 11.7. The second-order valence-corrected chi connectivity index (χ2v) is 4.87. The van der Waals surface area contributed by atoms with Gasteiger partial charge in [-0.1, -0.05) is 13.8 Å². The van der Waals surface area contributed by atoms with Crippen LogP contribution in [0.25, 0.3) is 0 Å². The lowest BCUT2D eigenvalue weighted by atomic mass is 9.83. The minimum Gasteiger partial charge on any atom is -0.466 e. The third-order valence-electron chi connectivity index (χ3n) is 3.74. The van der Waals surface area contributed by atoms with E-state index < -0.39 is 0 Å². The van der Waals surface area contributed by atoms with Crippen molar-refractivity contribution in [2.45, 2.75) is 40.5 Å². The smallest absolute Gasteiger partial charge is 0.254 e. The van der Waals surface area contributed by atoms with Crippen molar-refractivity contribution >= 4 is 5.91 Å². The van der Waals surface area contributed by atoms with Gasteiger partial charge in [-0.3, -0.25) is 4.79 Å². The van der Waals surface area contributed by atoms with E-state index >= 15 is 0 Å². The summed E-state index contributed by atoms with van der Waals surface area (Å²) in [5, 5.41) is 12.3. The molecule has 0 saturated heterocycles. The number of aliphatic hydroxyl groups excluding tert-OH is 1. The van der Waals surface area contributed by atoms with E-state index in [4.69, 9.17) is 4.42 Å². The monoisotopic (exact) mass is 253 g/mol. The number of hydrogen-bond donors (Lipinski definition) is 2. The lowest BCUT2D eigenvalue weighted by Crippen LogP contribution is -2.39. The average molecular weight is 253 g/mol. The number of nitrogens with one attached hydrogen (secondary N) is 1. The van der Waals surface area contributed by atoms with Crippen LogP contribution in [-0.2, 0) is 0 Å². The molecular weight excluding hydrogens is 230 g/mol. The van der Waals surface area contributed by atoms with Crippen molar-refractivity contribution in [1.82, 2.24) is 5.32 Å². The molecule has 1 heterocycles. The lowest BCUT2D eigenvalue weighted by molar-refractivity contribution is 0.0850. The van der Waals surface area contributed by atoms with E-state index in [1.807, 2.05) is 20.8 Å². The predicted octanol–water partition coefficient (Wildman–Crippen LogP) is 2.42. The molecule has 18 heavy (non-hydrogen) atoms. The van der Waals surface area contributed by atoms with Gasteiger partial charge in [0.05, 0.1) is 12.2 Å². The van der Waals surface area contributed by atoms with Gasteiger partial charge in [0.15, 0.2) is 0 Å². The first-order valence-corrected chi connectivity index (χ1v) is 6.44. The highest BCUT2D eigenvalue weighted by Gasteiger charge is 2.26. The minimum atomic E-state index is -0.220. The Kier molecular flexibility index (Phi) is 4.96. The molecule has 0 saturated carbocycles. The Balaban J connectivity index is 2.69. The number of carbonyl (C=O) groups is 1. The van der Waals surface area contributed by atoms with Gasteiger partial charge in [-0.15, -0.1) is 0 Å². The molecule has 0 aliphatic carbocycles. The van der Waals surface area contributed by atoms with Crippen LogP contribution in [0.4, 0.5) is 0 Å². The molecule has 102 valence electrons. The van der Waals surface area contributed by atoms with Gasteiger partial charge in [-0.2, -0.15) is 0 Å². The Bertz CT molecular complexity index is 397. The Morgan fingerprint density at radius 3 is 2.39 bits per heavy atom. The van der Waals surface area contributed by atoms with Crippen LogP contribution in [0.1, 0.15) is 48.6 Å². The quantitative estimate of drug-likeness (QED) is 0.818. The van der Waals surface area contributed by atoms with Crippen LogP contribution in [-0.4, -0.2) is 24.2 Å². The van der Waals surface area contributed by atoms with Gasteiger partial charge in [0.1, 0.15) is 11.5 Å². The predicted molar refractivity (Wildman–Crippen MR) is 70.6 cm³/mol. The van der Waals surface area contributed by atoms with Gasteiger partial charge in [0.2, 0.25) is 0 Å². The van der Waals surface area contributed by atoms with Crippen molar-refractivity contribution in [3.63, 3.8) is 0 Å². The number of carbonyl (C=O) groups excluding carboxylic acids is 1. The standard InChI is InChI=1S/C14H23NO3/c1-5-14(6-2,9-16)8-15-13(17)12-7-10(3)18-11(12)4/h7,16H,5-6,8-9H2,1-4H3,(H,15,17). The Morgan fingerprint density at radius 2 is 2.00 bits per heavy atom. The van der Waals surface area contributed by atoms with Crippen LogP contribution in [0, 0.1) is 19.3 Å². The molecule has 0 bridgehead atoms. The molecule has 0 aliphatic heterocycles. The normalized spacial score (nSPS) is 11.6. The molecule has 0 unspecified atom stereocenters. The summed E-state index contributed by atoms with van der Waals surface area (Å²) in [6, 6.07) is 1.74. The number of rotatable bonds is 6. The molecule has 1 amide bonds. The summed E-state index contributed by atoms with van der Waals surface area (Å²) >= 11 is 0. The van der Waals surface area contributed by atoms with Crippen LogP contribution >= 0.6 is 0 Å². The maximum atomic E-state index is 12.0. The number of aryl methyl sites for hydroxylation is 2. The van der Waals surface area contributed by atoms with Crippen LogP contribution in [0.15, 0.2) is 10.5 Å². The third kappa shape index (κ3) is 3.13. The van der Waals surface area contributed by atoms with Crippen molar-refractivity contribution in [3.05, 3.63) is 23.2 Å². The third-order valence-corrected chi connectivity index (χ3v) is 3.74. The second-order valence-electron chi connectivity index (χ2n) is 4.87. The van der Waals surface area contributed by atoms with Crippen LogP contribution in [0.5, 0.6) is 0 Å². The summed E-state index contributed by atoms with van der Waals surface area (Å²) in [6.45, 7) is 8.22. The minimum absolute atomic E-state index is 0.0870. The highest BCUT2D eigenvalue weighted by molar-refractivity contribution is 5.95. The summed E-state index contributed by atoms with van der Waals surface area (Å²) in [5.74, 6) is 1.23. The van der Waals surface area contributed by atoms with E-state index in [2.05, 4.69) is 5.32 Å². The lowest BCUT2D eigenvalue weighted by Gasteiger charge is -2.29. The largest absolute Gasteiger partial charge is 0.466 e. The molecule has 0 fully saturated rings. The molecule has 4 nitrogen and oxygen atoms in total. The van der Waals surface area contributed by atoms with E-state index in [9.17, 15) is 9.90 Å². The molecular formula is C14H23NO3. The molecule has 2 N–H and O–H groups in total. The van der Waals surface area contributed by atoms with E-state index in [0.29, 0.717) is 17.9 Å². The van der Waals surface area contributed by atoms with E-state index in [1.165, 1.54) is 0 Å². The van der Waals surface area contributed by atoms with Crippen LogP contribution in [0.2, 0.25) is 0 Å². The molecule has 0 aromatic carbocycles. The van der Waals surface area contributed by atoms with E-state index in [0.717, 1.165) is 18.6 Å². The number of hydrogen-bond acceptors (Lipinski definition) is 3. The Labute approximate surface area is 108 Å². The molecule has 1 aromatic rings. The molecule has 0 radical (unpaired) electrons. The average Bonchev–Trinajstić information content (AvgIpc) is 2.70. The summed E-state index contributed by atoms with van der Waals surface area (Å²) in [5.41, 5.74) is 0.356. The maximum absolute atomic E-state index is 12.0. The molecule has 0 aliphatic rings. The van der Waals surface area contributed by atoms with Crippen molar-refractivity contribution in [3.8, 4) is 0 Å². The van der Waals surface area contributed by atoms with Gasteiger partial charge in [-0.05, 0) is 32.8 Å². The zero-order valence-electron chi connectivity index (χ0n) is 11.7. The second kappa shape index (κ2) is 6.05. The summed E-state index contributed by atoms with van der Waals surface area (Å²) in [7, 11) is 0. The fraction of sp³-hybridized carbons (Fsp3) is 0.643. The molecule has 0 atom stereocenters. The number of furan rings is 1. The summed E-state index contributed by atoms with van der Waals surface area (Å²) in [6.07, 6.45) is 1.67. The molecule has 4 heteroatoms. The molecule has 0 spiro atoms. The van der Waals surface area contributed by atoms with Crippen molar-refractivity contribution < 1.29 is 14.3 Å². The zero-order chi connectivity index (χ0) is 13.8. The maximum Gasteiger partial charge on any atom is 0.254 e. The van der Waals surface area contributed by atoms with Gasteiger partial charge >= 0.3 is 0 Å². The summed E-state index contributed by atoms with van der Waals surface area (Å²) in [4.78, 5) is 12.0. The van der Waals surface area contributed by atoms with Crippen molar-refractivity contribution in [1.29, 1.82) is 0 Å². The Hall–Kier alpha value is -1.29. The first kappa shape index (κ1) is 14.8. The number of amides is 1. The molecule has 1 aromatic heterocycles. The van der Waals surface area contributed by atoms with Crippen molar-refractivity contribution in [2.24, 2.45) is 5.41 Å². The number of aliphatic hydroxyl groups is 1. The van der Waals surface area contributed by atoms with Crippen molar-refractivity contribution in [2.75, 3.05) is 13.2 Å². The molecule has 1 rings (SSSR count).